The Kier molecular flexibility index (Phi) is 6.79. The summed E-state index contributed by atoms with van der Waals surface area (Å²) in [6, 6.07) is 0. The van der Waals surface area contributed by atoms with E-state index >= 15 is 0 Å². The van der Waals surface area contributed by atoms with E-state index in [1.165, 1.54) is 26.2 Å². The quantitative estimate of drug-likeness (QED) is 0.408. The molecule has 6 heteroatoms. The average Bonchev–Trinajstić information content (AvgIpc) is 3.08. The van der Waals surface area contributed by atoms with Gasteiger partial charge in [0.2, 0.25) is 5.79 Å². The number of carbonyl (C=O) groups excluding carboxylic acids is 2. The monoisotopic (exact) mass is 542 g/mol. The molecule has 3 saturated carbocycles. The Morgan fingerprint density at radius 1 is 1.10 bits per heavy atom. The fourth-order valence-corrected chi connectivity index (χ4v) is 10.3. The van der Waals surface area contributed by atoms with Crippen LogP contribution >= 0.6 is 0 Å². The van der Waals surface area contributed by atoms with Crippen LogP contribution < -0.4 is 0 Å². The maximum absolute atomic E-state index is 13.4. The minimum Gasteiger partial charge on any atom is -0.461 e. The largest absolute Gasteiger partial charge is 0.461 e. The van der Waals surface area contributed by atoms with Gasteiger partial charge >= 0.3 is 11.9 Å². The Bertz CT molecular complexity index is 1100. The summed E-state index contributed by atoms with van der Waals surface area (Å²) in [6.07, 6.45) is 10.3. The molecular weight excluding hydrogens is 492 g/mol. The Labute approximate surface area is 234 Å². The van der Waals surface area contributed by atoms with Crippen LogP contribution in [0.1, 0.15) is 107 Å². The molecule has 0 spiro atoms. The van der Waals surface area contributed by atoms with Crippen molar-refractivity contribution in [2.45, 2.75) is 125 Å². The lowest BCUT2D eigenvalue weighted by atomic mass is 9.35. The summed E-state index contributed by atoms with van der Waals surface area (Å²) < 4.78 is 11.8. The van der Waals surface area contributed by atoms with Gasteiger partial charge in [0.1, 0.15) is 6.10 Å². The molecule has 2 N–H and O–H groups in total. The molecule has 5 rings (SSSR count). The summed E-state index contributed by atoms with van der Waals surface area (Å²) >= 11 is 0. The molecule has 0 saturated heterocycles. The first-order chi connectivity index (χ1) is 18.0. The molecule has 3 fully saturated rings. The first-order valence-electron chi connectivity index (χ1n) is 15.3. The summed E-state index contributed by atoms with van der Waals surface area (Å²) in [4.78, 5) is 26.7. The Morgan fingerprint density at radius 3 is 2.44 bits per heavy atom. The van der Waals surface area contributed by atoms with Gasteiger partial charge in [0.15, 0.2) is 0 Å². The zero-order valence-electron chi connectivity index (χ0n) is 25.3. The van der Waals surface area contributed by atoms with Crippen molar-refractivity contribution in [3.8, 4) is 0 Å². The zero-order valence-corrected chi connectivity index (χ0v) is 25.3. The molecule has 4 aliphatic carbocycles. The van der Waals surface area contributed by atoms with Gasteiger partial charge in [-0.2, -0.15) is 0 Å². The summed E-state index contributed by atoms with van der Waals surface area (Å²) in [7, 11) is 0. The van der Waals surface area contributed by atoms with E-state index in [4.69, 9.17) is 9.47 Å². The lowest BCUT2D eigenvalue weighted by Gasteiger charge is -2.69. The Morgan fingerprint density at radius 2 is 1.79 bits per heavy atom. The normalized spacial score (nSPS) is 47.6. The number of fused-ring (bicyclic) bond motifs is 6. The highest BCUT2D eigenvalue weighted by Crippen LogP contribution is 2.73. The number of ether oxygens (including phenoxy) is 2. The second-order valence-electron chi connectivity index (χ2n) is 15.0. The number of rotatable bonds is 5. The number of hydrogen-bond donors (Lipinski definition) is 2. The number of allylic oxidation sites excluding steroid dienone is 1. The summed E-state index contributed by atoms with van der Waals surface area (Å²) in [6.45, 7) is 17.0. The van der Waals surface area contributed by atoms with Crippen molar-refractivity contribution in [3.63, 3.8) is 0 Å². The van der Waals surface area contributed by atoms with Gasteiger partial charge in [-0.3, -0.25) is 4.79 Å². The van der Waals surface area contributed by atoms with Crippen LogP contribution in [0.5, 0.6) is 0 Å². The smallest absolute Gasteiger partial charge is 0.338 e. The topological polar surface area (TPSA) is 93.1 Å². The van der Waals surface area contributed by atoms with Gasteiger partial charge in [0.05, 0.1) is 18.1 Å². The Hall–Kier alpha value is -1.66. The van der Waals surface area contributed by atoms with Gasteiger partial charge in [-0.25, -0.2) is 4.79 Å². The molecule has 0 radical (unpaired) electrons. The van der Waals surface area contributed by atoms with Crippen LogP contribution in [-0.2, 0) is 19.1 Å². The molecule has 1 aliphatic heterocycles. The van der Waals surface area contributed by atoms with Crippen molar-refractivity contribution in [2.24, 2.45) is 45.3 Å². The minimum absolute atomic E-state index is 0.0515. The van der Waals surface area contributed by atoms with Crippen LogP contribution in [0, 0.1) is 45.3 Å². The highest BCUT2D eigenvalue weighted by atomic mass is 16.7. The molecule has 0 aromatic carbocycles. The van der Waals surface area contributed by atoms with Gasteiger partial charge in [-0.1, -0.05) is 73.5 Å². The van der Waals surface area contributed by atoms with Gasteiger partial charge in [-0.15, -0.1) is 0 Å². The van der Waals surface area contributed by atoms with Crippen LogP contribution in [0.2, 0.25) is 0 Å². The molecule has 218 valence electrons. The third kappa shape index (κ3) is 4.01. The number of hydrogen-bond acceptors (Lipinski definition) is 6. The second-order valence-corrected chi connectivity index (χ2v) is 15.0. The molecule has 1 heterocycles. The molecule has 0 aromatic heterocycles. The SMILES string of the molecule is CC[C@@]1(C)CCC[C@@]2(C)C1CC[C@]1(C)C2C[C@@H](OC(=O)CC(O)C(C)C)[C@]2(C)C3=C(C=CC12)[C@](C)(O)OC3=O. The third-order valence-corrected chi connectivity index (χ3v) is 12.6. The van der Waals surface area contributed by atoms with Crippen LogP contribution in [0.3, 0.4) is 0 Å². The molecule has 0 amide bonds. The van der Waals surface area contributed by atoms with E-state index in [2.05, 4.69) is 33.8 Å². The van der Waals surface area contributed by atoms with Crippen molar-refractivity contribution < 1.29 is 29.3 Å². The van der Waals surface area contributed by atoms with Crippen LogP contribution in [0.15, 0.2) is 23.3 Å². The molecular formula is C33H50O6. The second kappa shape index (κ2) is 9.17. The van der Waals surface area contributed by atoms with E-state index in [1.807, 2.05) is 26.8 Å². The van der Waals surface area contributed by atoms with E-state index in [1.54, 1.807) is 0 Å². The van der Waals surface area contributed by atoms with E-state index in [9.17, 15) is 19.8 Å². The van der Waals surface area contributed by atoms with E-state index in [0.29, 0.717) is 34.8 Å². The first-order valence-corrected chi connectivity index (χ1v) is 15.3. The van der Waals surface area contributed by atoms with Crippen molar-refractivity contribution in [2.75, 3.05) is 0 Å². The maximum atomic E-state index is 13.4. The van der Waals surface area contributed by atoms with Crippen LogP contribution in [-0.4, -0.2) is 40.1 Å². The summed E-state index contributed by atoms with van der Waals surface area (Å²) in [5, 5.41) is 21.5. The standard InChI is InChI=1S/C33H50O6/c1-9-29(4)14-10-15-30(5)22(29)13-16-31(6)23-12-11-20-27(28(36)39-33(20,8)37)32(23,7)25(18-24(30)31)38-26(35)17-21(34)19(2)3/h11-12,19,21-25,34,37H,9-10,13-18H2,1-8H3/t21?,22?,23?,24?,25-,29+,30+,31+,32-,33-/m1/s1. The van der Waals surface area contributed by atoms with Crippen molar-refractivity contribution in [3.05, 3.63) is 23.3 Å². The van der Waals surface area contributed by atoms with E-state index in [0.717, 1.165) is 19.3 Å². The molecule has 0 aromatic rings. The zero-order chi connectivity index (χ0) is 28.8. The van der Waals surface area contributed by atoms with Gasteiger partial charge < -0.3 is 19.7 Å². The number of carbonyl (C=O) groups is 2. The third-order valence-electron chi connectivity index (χ3n) is 12.6. The molecule has 0 bridgehead atoms. The molecule has 4 unspecified atom stereocenters. The van der Waals surface area contributed by atoms with E-state index in [-0.39, 0.29) is 29.1 Å². The predicted molar refractivity (Wildman–Crippen MR) is 149 cm³/mol. The summed E-state index contributed by atoms with van der Waals surface area (Å²) in [5.74, 6) is -1.85. The minimum atomic E-state index is -1.70. The fourth-order valence-electron chi connectivity index (χ4n) is 10.3. The van der Waals surface area contributed by atoms with Gasteiger partial charge in [0.25, 0.3) is 0 Å². The molecule has 6 nitrogen and oxygen atoms in total. The number of aliphatic hydroxyl groups is 2. The number of esters is 2. The van der Waals surface area contributed by atoms with Crippen LogP contribution in [0.4, 0.5) is 0 Å². The van der Waals surface area contributed by atoms with Crippen molar-refractivity contribution in [1.29, 1.82) is 0 Å². The number of cyclic esters (lactones) is 1. The lowest BCUT2D eigenvalue weighted by molar-refractivity contribution is -0.218. The van der Waals surface area contributed by atoms with Gasteiger partial charge in [0, 0.05) is 17.9 Å². The number of aliphatic hydroxyl groups excluding tert-OH is 1. The predicted octanol–water partition coefficient (Wildman–Crippen LogP) is 6.10. The fraction of sp³-hybridized carbons (Fsp3) is 0.818. The summed E-state index contributed by atoms with van der Waals surface area (Å²) in [5.41, 5.74) is 0.398. The van der Waals surface area contributed by atoms with Crippen molar-refractivity contribution >= 4 is 11.9 Å². The molecule has 39 heavy (non-hydrogen) atoms. The molecule has 5 aliphatic rings. The first kappa shape index (κ1) is 28.9. The molecule has 10 atom stereocenters. The average molecular weight is 543 g/mol. The maximum Gasteiger partial charge on any atom is 0.338 e. The van der Waals surface area contributed by atoms with E-state index < -0.39 is 35.3 Å². The van der Waals surface area contributed by atoms with Crippen LogP contribution in [0.25, 0.3) is 0 Å². The highest BCUT2D eigenvalue weighted by molar-refractivity contribution is 5.96. The highest BCUT2D eigenvalue weighted by Gasteiger charge is 2.70. The Balaban J connectivity index is 1.61. The lowest BCUT2D eigenvalue weighted by Crippen LogP contribution is -2.65. The van der Waals surface area contributed by atoms with Crippen molar-refractivity contribution in [1.82, 2.24) is 0 Å². The van der Waals surface area contributed by atoms with Gasteiger partial charge in [-0.05, 0) is 72.0 Å².